The van der Waals surface area contributed by atoms with Crippen molar-refractivity contribution >= 4 is 30.1 Å². The lowest BCUT2D eigenvalue weighted by Crippen LogP contribution is -2.53. The van der Waals surface area contributed by atoms with Crippen LogP contribution in [-0.2, 0) is 4.79 Å². The van der Waals surface area contributed by atoms with Crippen LogP contribution in [0.4, 0.5) is 0 Å². The molecule has 0 spiro atoms. The monoisotopic (exact) mass is 304 g/mol. The average molecular weight is 305 g/mol. The maximum Gasteiger partial charge on any atom is 0.226 e. The Kier molecular flexibility index (Phi) is 5.44. The first-order valence-corrected chi connectivity index (χ1v) is 8.48. The molecule has 1 heterocycles. The van der Waals surface area contributed by atoms with Crippen molar-refractivity contribution in [3.8, 4) is 0 Å². The third-order valence-electron chi connectivity index (χ3n) is 4.84. The molecule has 0 aromatic carbocycles. The van der Waals surface area contributed by atoms with Crippen LogP contribution in [0.3, 0.4) is 0 Å². The van der Waals surface area contributed by atoms with E-state index >= 15 is 0 Å². The highest BCUT2D eigenvalue weighted by Crippen LogP contribution is 2.37. The second kappa shape index (κ2) is 6.68. The molecule has 2 N–H and O–H groups in total. The van der Waals surface area contributed by atoms with Crippen LogP contribution in [0.15, 0.2) is 0 Å². The second-order valence-electron chi connectivity index (χ2n) is 6.06. The smallest absolute Gasteiger partial charge is 0.226 e. The number of thioether (sulfide) groups is 1. The zero-order valence-electron chi connectivity index (χ0n) is 11.4. The van der Waals surface area contributed by atoms with Gasteiger partial charge in [0.1, 0.15) is 0 Å². The predicted molar refractivity (Wildman–Crippen MR) is 82.8 cm³/mol. The first kappa shape index (κ1) is 15.5. The summed E-state index contributed by atoms with van der Waals surface area (Å²) in [5.41, 5.74) is 5.95. The SMILES string of the molecule is Cl.NC1CCC(C(=O)N2CCSC3CCCCC32)C1. The summed E-state index contributed by atoms with van der Waals surface area (Å²) < 4.78 is 0. The highest BCUT2D eigenvalue weighted by atomic mass is 35.5. The lowest BCUT2D eigenvalue weighted by molar-refractivity contribution is -0.138. The van der Waals surface area contributed by atoms with Crippen LogP contribution in [0.2, 0.25) is 0 Å². The van der Waals surface area contributed by atoms with Crippen molar-refractivity contribution in [2.24, 2.45) is 11.7 Å². The summed E-state index contributed by atoms with van der Waals surface area (Å²) in [5, 5.41) is 0.714. The van der Waals surface area contributed by atoms with E-state index < -0.39 is 0 Å². The van der Waals surface area contributed by atoms with Crippen LogP contribution in [0.1, 0.15) is 44.9 Å². The molecule has 110 valence electrons. The minimum atomic E-state index is 0. The van der Waals surface area contributed by atoms with Gasteiger partial charge in [-0.1, -0.05) is 12.8 Å². The largest absolute Gasteiger partial charge is 0.338 e. The fourth-order valence-corrected chi connectivity index (χ4v) is 5.29. The summed E-state index contributed by atoms with van der Waals surface area (Å²) in [4.78, 5) is 14.9. The number of nitrogens with zero attached hydrogens (tertiary/aromatic N) is 1. The maximum absolute atomic E-state index is 12.7. The van der Waals surface area contributed by atoms with E-state index in [0.717, 1.165) is 31.6 Å². The number of fused-ring (bicyclic) bond motifs is 1. The molecule has 4 atom stereocenters. The van der Waals surface area contributed by atoms with Gasteiger partial charge in [-0.25, -0.2) is 0 Å². The Morgan fingerprint density at radius 3 is 2.68 bits per heavy atom. The quantitative estimate of drug-likeness (QED) is 0.809. The first-order chi connectivity index (χ1) is 8.75. The van der Waals surface area contributed by atoms with E-state index in [9.17, 15) is 4.79 Å². The van der Waals surface area contributed by atoms with Crippen molar-refractivity contribution in [3.05, 3.63) is 0 Å². The number of rotatable bonds is 1. The average Bonchev–Trinajstić information content (AvgIpc) is 2.84. The van der Waals surface area contributed by atoms with Gasteiger partial charge in [-0.05, 0) is 32.1 Å². The van der Waals surface area contributed by atoms with Crippen LogP contribution >= 0.6 is 24.2 Å². The molecule has 0 radical (unpaired) electrons. The van der Waals surface area contributed by atoms with Gasteiger partial charge in [-0.3, -0.25) is 4.79 Å². The Morgan fingerprint density at radius 1 is 1.16 bits per heavy atom. The van der Waals surface area contributed by atoms with E-state index in [1.54, 1.807) is 0 Å². The van der Waals surface area contributed by atoms with Gasteiger partial charge >= 0.3 is 0 Å². The number of carbonyl (C=O) groups excluding carboxylic acids is 1. The summed E-state index contributed by atoms with van der Waals surface area (Å²) in [6, 6.07) is 0.794. The van der Waals surface area contributed by atoms with E-state index in [2.05, 4.69) is 16.7 Å². The van der Waals surface area contributed by atoms with Gasteiger partial charge < -0.3 is 10.6 Å². The van der Waals surface area contributed by atoms with Crippen molar-refractivity contribution in [1.29, 1.82) is 0 Å². The van der Waals surface area contributed by atoms with Crippen molar-refractivity contribution in [2.75, 3.05) is 12.3 Å². The van der Waals surface area contributed by atoms with Crippen molar-refractivity contribution in [3.63, 3.8) is 0 Å². The maximum atomic E-state index is 12.7. The molecule has 1 saturated heterocycles. The van der Waals surface area contributed by atoms with Crippen molar-refractivity contribution in [1.82, 2.24) is 4.90 Å². The Morgan fingerprint density at radius 2 is 1.95 bits per heavy atom. The Hall–Kier alpha value is 0.0700. The molecule has 0 aromatic rings. The van der Waals surface area contributed by atoms with Crippen LogP contribution in [0.25, 0.3) is 0 Å². The molecule has 19 heavy (non-hydrogen) atoms. The lowest BCUT2D eigenvalue weighted by Gasteiger charge is -2.44. The standard InChI is InChI=1S/C14H24N2OS.ClH/c15-11-6-5-10(9-11)14(17)16-7-8-18-13-4-2-1-3-12(13)16;/h10-13H,1-9,15H2;1H. The minimum absolute atomic E-state index is 0. The molecule has 1 amide bonds. The topological polar surface area (TPSA) is 46.3 Å². The molecule has 0 aromatic heterocycles. The van der Waals surface area contributed by atoms with Crippen molar-refractivity contribution < 1.29 is 4.79 Å². The highest BCUT2D eigenvalue weighted by molar-refractivity contribution is 8.00. The van der Waals surface area contributed by atoms with Crippen LogP contribution < -0.4 is 5.73 Å². The second-order valence-corrected chi connectivity index (χ2v) is 7.41. The summed E-state index contributed by atoms with van der Waals surface area (Å²) in [5.74, 6) is 1.77. The molecule has 2 saturated carbocycles. The molecule has 2 aliphatic carbocycles. The highest BCUT2D eigenvalue weighted by Gasteiger charge is 2.39. The van der Waals surface area contributed by atoms with Crippen LogP contribution in [-0.4, -0.2) is 40.4 Å². The molecule has 5 heteroatoms. The van der Waals surface area contributed by atoms with Gasteiger partial charge in [0, 0.05) is 35.5 Å². The number of hydrogen-bond acceptors (Lipinski definition) is 3. The van der Waals surface area contributed by atoms with Crippen LogP contribution in [0.5, 0.6) is 0 Å². The van der Waals surface area contributed by atoms with E-state index in [-0.39, 0.29) is 24.4 Å². The van der Waals surface area contributed by atoms with E-state index in [1.165, 1.54) is 25.7 Å². The summed E-state index contributed by atoms with van der Waals surface area (Å²) >= 11 is 2.09. The summed E-state index contributed by atoms with van der Waals surface area (Å²) in [7, 11) is 0. The Balaban J connectivity index is 0.00000133. The van der Waals surface area contributed by atoms with Gasteiger partial charge in [0.05, 0.1) is 0 Å². The predicted octanol–water partition coefficient (Wildman–Crippen LogP) is 2.42. The number of halogens is 1. The van der Waals surface area contributed by atoms with E-state index in [0.29, 0.717) is 17.2 Å². The third kappa shape index (κ3) is 3.22. The van der Waals surface area contributed by atoms with E-state index in [4.69, 9.17) is 5.73 Å². The fourth-order valence-electron chi connectivity index (χ4n) is 3.85. The summed E-state index contributed by atoms with van der Waals surface area (Å²) in [6.45, 7) is 0.969. The molecule has 0 bridgehead atoms. The molecule has 4 unspecified atom stereocenters. The molecule has 3 rings (SSSR count). The zero-order chi connectivity index (χ0) is 12.5. The van der Waals surface area contributed by atoms with Gasteiger partial charge in [0.25, 0.3) is 0 Å². The number of hydrogen-bond donors (Lipinski definition) is 1. The molecule has 3 aliphatic rings. The fraction of sp³-hybridized carbons (Fsp3) is 0.929. The number of carbonyl (C=O) groups is 1. The Labute approximate surface area is 126 Å². The van der Waals surface area contributed by atoms with Crippen molar-refractivity contribution in [2.45, 2.75) is 62.3 Å². The van der Waals surface area contributed by atoms with Gasteiger partial charge in [0.15, 0.2) is 0 Å². The summed E-state index contributed by atoms with van der Waals surface area (Å²) in [6.07, 6.45) is 8.15. The lowest BCUT2D eigenvalue weighted by atomic mass is 9.92. The number of nitrogens with two attached hydrogens (primary N) is 1. The van der Waals surface area contributed by atoms with Gasteiger partial charge in [0.2, 0.25) is 5.91 Å². The first-order valence-electron chi connectivity index (χ1n) is 7.43. The van der Waals surface area contributed by atoms with Gasteiger partial charge in [-0.15, -0.1) is 12.4 Å². The third-order valence-corrected chi connectivity index (χ3v) is 6.23. The van der Waals surface area contributed by atoms with Gasteiger partial charge in [-0.2, -0.15) is 11.8 Å². The number of amides is 1. The zero-order valence-corrected chi connectivity index (χ0v) is 13.1. The minimum Gasteiger partial charge on any atom is -0.338 e. The Bertz CT molecular complexity index is 327. The molecule has 3 fully saturated rings. The molecule has 1 aliphatic heterocycles. The molecular formula is C14H25ClN2OS. The van der Waals surface area contributed by atoms with E-state index in [1.807, 2.05) is 0 Å². The molecular weight excluding hydrogens is 280 g/mol. The molecule has 3 nitrogen and oxygen atoms in total. The van der Waals surface area contributed by atoms with Crippen LogP contribution in [0, 0.1) is 5.92 Å². The normalized spacial score (nSPS) is 38.5.